The van der Waals surface area contributed by atoms with Crippen LogP contribution in [-0.4, -0.2) is 78.7 Å². The first-order chi connectivity index (χ1) is 18.4. The van der Waals surface area contributed by atoms with Gasteiger partial charge in [0.15, 0.2) is 0 Å². The first-order valence-corrected chi connectivity index (χ1v) is 13.0. The summed E-state index contributed by atoms with van der Waals surface area (Å²) >= 11 is 5.94. The lowest BCUT2D eigenvalue weighted by atomic mass is 10.0. The molecule has 0 aliphatic carbocycles. The predicted octanol–water partition coefficient (Wildman–Crippen LogP) is 4.92. The van der Waals surface area contributed by atoms with Crippen LogP contribution in [0.5, 0.6) is 0 Å². The van der Waals surface area contributed by atoms with E-state index in [9.17, 15) is 9.18 Å². The molecule has 0 saturated carbocycles. The number of likely N-dealkylation sites (N-methyl/N-ethyl adjacent to an activating group) is 1. The molecule has 200 valence electrons. The summed E-state index contributed by atoms with van der Waals surface area (Å²) in [7, 11) is 2.14. The van der Waals surface area contributed by atoms with E-state index < -0.39 is 5.82 Å². The molecule has 0 atom stereocenters. The van der Waals surface area contributed by atoms with Gasteiger partial charge in [0.25, 0.3) is 0 Å². The SMILES string of the molecule is CCOC(=O)/C=C/c1cccc(-c2cnc(Nc3ccc(F)c(Cl)c3)nc2NCCN2CCN(C)CC2)c1. The molecule has 0 unspecified atom stereocenters. The van der Waals surface area contributed by atoms with Gasteiger partial charge in [0, 0.05) is 62.8 Å². The molecule has 0 bridgehead atoms. The lowest BCUT2D eigenvalue weighted by Crippen LogP contribution is -2.45. The molecule has 1 aromatic heterocycles. The second-order valence-electron chi connectivity index (χ2n) is 8.99. The van der Waals surface area contributed by atoms with Gasteiger partial charge in [-0.2, -0.15) is 4.98 Å². The maximum atomic E-state index is 13.6. The number of esters is 1. The predicted molar refractivity (Wildman–Crippen MR) is 150 cm³/mol. The van der Waals surface area contributed by atoms with Crippen LogP contribution in [0.1, 0.15) is 12.5 Å². The Morgan fingerprint density at radius 1 is 1.18 bits per heavy atom. The molecule has 1 aliphatic rings. The highest BCUT2D eigenvalue weighted by Crippen LogP contribution is 2.29. The number of hydrogen-bond donors (Lipinski definition) is 2. The summed E-state index contributed by atoms with van der Waals surface area (Å²) in [6.45, 7) is 7.86. The van der Waals surface area contributed by atoms with Gasteiger partial charge in [-0.25, -0.2) is 14.2 Å². The van der Waals surface area contributed by atoms with E-state index in [1.54, 1.807) is 25.3 Å². The van der Waals surface area contributed by atoms with Crippen LogP contribution in [0.15, 0.2) is 54.7 Å². The topological polar surface area (TPSA) is 82.6 Å². The average Bonchev–Trinajstić information content (AvgIpc) is 2.91. The van der Waals surface area contributed by atoms with E-state index >= 15 is 0 Å². The molecule has 0 amide bonds. The monoisotopic (exact) mass is 538 g/mol. The fourth-order valence-corrected chi connectivity index (χ4v) is 4.24. The molecule has 2 N–H and O–H groups in total. The standard InChI is InChI=1S/C28H32ClFN6O2/c1-3-38-26(37)10-7-20-5-4-6-21(17-20)23-19-32-28(33-22-8-9-25(30)24(29)18-22)34-27(23)31-11-12-36-15-13-35(2)14-16-36/h4-10,17-19H,3,11-16H2,1-2H3,(H2,31,32,33,34)/b10-7+. The van der Waals surface area contributed by atoms with E-state index in [0.29, 0.717) is 30.6 Å². The van der Waals surface area contributed by atoms with Crippen LogP contribution in [0, 0.1) is 5.82 Å². The van der Waals surface area contributed by atoms with E-state index in [-0.39, 0.29) is 11.0 Å². The molecule has 1 fully saturated rings. The Balaban J connectivity index is 1.56. The van der Waals surface area contributed by atoms with Crippen LogP contribution >= 0.6 is 11.6 Å². The van der Waals surface area contributed by atoms with Gasteiger partial charge in [0.2, 0.25) is 5.95 Å². The van der Waals surface area contributed by atoms with Crippen molar-refractivity contribution >= 4 is 41.1 Å². The van der Waals surface area contributed by atoms with Gasteiger partial charge >= 0.3 is 5.97 Å². The second-order valence-corrected chi connectivity index (χ2v) is 9.40. The van der Waals surface area contributed by atoms with Crippen molar-refractivity contribution in [3.05, 3.63) is 71.1 Å². The molecule has 1 aliphatic heterocycles. The van der Waals surface area contributed by atoms with E-state index in [1.807, 2.05) is 24.3 Å². The van der Waals surface area contributed by atoms with E-state index in [2.05, 4.69) is 32.5 Å². The van der Waals surface area contributed by atoms with Crippen LogP contribution < -0.4 is 10.6 Å². The molecule has 2 aromatic carbocycles. The summed E-state index contributed by atoms with van der Waals surface area (Å²) in [6, 6.07) is 12.1. The molecule has 8 nitrogen and oxygen atoms in total. The zero-order chi connectivity index (χ0) is 26.9. The van der Waals surface area contributed by atoms with Gasteiger partial charge in [-0.05, 0) is 55.4 Å². The van der Waals surface area contributed by atoms with Crippen molar-refractivity contribution in [1.29, 1.82) is 0 Å². The Kier molecular flexibility index (Phi) is 9.64. The van der Waals surface area contributed by atoms with Crippen molar-refractivity contribution in [2.45, 2.75) is 6.92 Å². The molecular weight excluding hydrogens is 507 g/mol. The molecule has 0 radical (unpaired) electrons. The minimum Gasteiger partial charge on any atom is -0.463 e. The highest BCUT2D eigenvalue weighted by Gasteiger charge is 2.15. The highest BCUT2D eigenvalue weighted by molar-refractivity contribution is 6.31. The lowest BCUT2D eigenvalue weighted by Gasteiger charge is -2.32. The normalized spacial score (nSPS) is 14.5. The Labute approximate surface area is 227 Å². The molecule has 10 heteroatoms. The van der Waals surface area contributed by atoms with Crippen molar-refractivity contribution < 1.29 is 13.9 Å². The van der Waals surface area contributed by atoms with E-state index in [1.165, 1.54) is 18.2 Å². The van der Waals surface area contributed by atoms with E-state index in [0.717, 1.165) is 49.4 Å². The molecule has 4 rings (SSSR count). The van der Waals surface area contributed by atoms with Crippen LogP contribution in [0.4, 0.5) is 21.8 Å². The summed E-state index contributed by atoms with van der Waals surface area (Å²) in [4.78, 5) is 25.7. The lowest BCUT2D eigenvalue weighted by molar-refractivity contribution is -0.137. The third-order valence-corrected chi connectivity index (χ3v) is 6.47. The fourth-order valence-electron chi connectivity index (χ4n) is 4.06. The number of aromatic nitrogens is 2. The van der Waals surface area contributed by atoms with Crippen molar-refractivity contribution in [3.63, 3.8) is 0 Å². The number of carbonyl (C=O) groups excluding carboxylic acids is 1. The molecule has 1 saturated heterocycles. The molecule has 2 heterocycles. The zero-order valence-electron chi connectivity index (χ0n) is 21.6. The van der Waals surface area contributed by atoms with Crippen LogP contribution in [0.2, 0.25) is 5.02 Å². The number of anilines is 3. The van der Waals surface area contributed by atoms with Crippen molar-refractivity contribution in [2.75, 3.05) is 63.6 Å². The van der Waals surface area contributed by atoms with Gasteiger partial charge < -0.3 is 20.3 Å². The third kappa shape index (κ3) is 7.74. The number of piperazine rings is 1. The molecule has 3 aromatic rings. The van der Waals surface area contributed by atoms with Crippen molar-refractivity contribution in [3.8, 4) is 11.1 Å². The largest absolute Gasteiger partial charge is 0.463 e. The van der Waals surface area contributed by atoms with Crippen molar-refractivity contribution in [1.82, 2.24) is 19.8 Å². The van der Waals surface area contributed by atoms with Crippen molar-refractivity contribution in [2.24, 2.45) is 0 Å². The fraction of sp³-hybridized carbons (Fsp3) is 0.321. The van der Waals surface area contributed by atoms with Crippen LogP contribution in [0.25, 0.3) is 17.2 Å². The molecule has 0 spiro atoms. The van der Waals surface area contributed by atoms with Gasteiger partial charge in [-0.15, -0.1) is 0 Å². The number of nitrogens with one attached hydrogen (secondary N) is 2. The number of carbonyl (C=O) groups is 1. The average molecular weight is 539 g/mol. The van der Waals surface area contributed by atoms with Gasteiger partial charge in [0.1, 0.15) is 11.6 Å². The maximum absolute atomic E-state index is 13.6. The Morgan fingerprint density at radius 3 is 2.76 bits per heavy atom. The quantitative estimate of drug-likeness (QED) is 0.278. The molecule has 38 heavy (non-hydrogen) atoms. The van der Waals surface area contributed by atoms with Crippen LogP contribution in [0.3, 0.4) is 0 Å². The maximum Gasteiger partial charge on any atom is 0.330 e. The number of ether oxygens (including phenoxy) is 1. The number of benzene rings is 2. The minimum atomic E-state index is -0.489. The summed E-state index contributed by atoms with van der Waals surface area (Å²) in [5.41, 5.74) is 3.15. The summed E-state index contributed by atoms with van der Waals surface area (Å²) in [5, 5.41) is 6.60. The van der Waals surface area contributed by atoms with Gasteiger partial charge in [0.05, 0.1) is 11.6 Å². The minimum absolute atomic E-state index is 0.0184. The summed E-state index contributed by atoms with van der Waals surface area (Å²) in [5.74, 6) is 0.147. The van der Waals surface area contributed by atoms with Gasteiger partial charge in [-0.1, -0.05) is 29.8 Å². The van der Waals surface area contributed by atoms with Crippen LogP contribution in [-0.2, 0) is 9.53 Å². The Hall–Kier alpha value is -3.53. The number of halogens is 2. The number of rotatable bonds is 10. The smallest absolute Gasteiger partial charge is 0.330 e. The number of nitrogens with zero attached hydrogens (tertiary/aromatic N) is 4. The van der Waals surface area contributed by atoms with Gasteiger partial charge in [-0.3, -0.25) is 4.90 Å². The number of hydrogen-bond acceptors (Lipinski definition) is 8. The third-order valence-electron chi connectivity index (χ3n) is 6.18. The summed E-state index contributed by atoms with van der Waals surface area (Å²) < 4.78 is 18.6. The highest BCUT2D eigenvalue weighted by atomic mass is 35.5. The first kappa shape index (κ1) is 27.5. The Morgan fingerprint density at radius 2 is 2.00 bits per heavy atom. The first-order valence-electron chi connectivity index (χ1n) is 12.6. The van der Waals surface area contributed by atoms with E-state index in [4.69, 9.17) is 21.3 Å². The molecular formula is C28H32ClFN6O2. The Bertz CT molecular complexity index is 1280. The summed E-state index contributed by atoms with van der Waals surface area (Å²) in [6.07, 6.45) is 4.87. The second kappa shape index (κ2) is 13.3. The zero-order valence-corrected chi connectivity index (χ0v) is 22.3.